The van der Waals surface area contributed by atoms with Crippen molar-refractivity contribution in [2.45, 2.75) is 17.5 Å². The van der Waals surface area contributed by atoms with E-state index >= 15 is 0 Å². The molecule has 0 bridgehead atoms. The first-order chi connectivity index (χ1) is 7.50. The summed E-state index contributed by atoms with van der Waals surface area (Å²) in [7, 11) is -1.93. The van der Waals surface area contributed by atoms with Crippen LogP contribution in [0.25, 0.3) is 0 Å². The molecule has 0 radical (unpaired) electrons. The van der Waals surface area contributed by atoms with Crippen molar-refractivity contribution in [1.29, 1.82) is 0 Å². The number of nitrogens with one attached hydrogen (secondary N) is 1. The Hall–Kier alpha value is -0.240. The molecule has 0 aromatic carbocycles. The van der Waals surface area contributed by atoms with Gasteiger partial charge in [0.2, 0.25) is 5.03 Å². The smallest absolute Gasteiger partial charge is 0.261 e. The van der Waals surface area contributed by atoms with E-state index in [0.717, 1.165) is 17.9 Å². The van der Waals surface area contributed by atoms with Crippen LogP contribution in [-0.2, 0) is 17.1 Å². The lowest BCUT2D eigenvalue weighted by Crippen LogP contribution is -2.35. The van der Waals surface area contributed by atoms with E-state index < -0.39 is 10.0 Å². The first-order valence-corrected chi connectivity index (χ1v) is 7.79. The van der Waals surface area contributed by atoms with Gasteiger partial charge in [-0.15, -0.1) is 0 Å². The molecule has 1 aromatic rings. The minimum absolute atomic E-state index is 0.00641. The van der Waals surface area contributed by atoms with Crippen molar-refractivity contribution >= 4 is 33.4 Å². The Morgan fingerprint density at radius 3 is 2.94 bits per heavy atom. The molecule has 1 saturated heterocycles. The second kappa shape index (κ2) is 4.56. The standard InChI is InChI=1S/C8H12ClN3O2S2/c1-12-5-10-8(7(12)9)16(13,14)11-6-2-3-15-4-6/h5-6,11H,2-4H2,1H3. The highest BCUT2D eigenvalue weighted by Gasteiger charge is 2.27. The lowest BCUT2D eigenvalue weighted by Gasteiger charge is -2.10. The van der Waals surface area contributed by atoms with Gasteiger partial charge in [-0.05, 0) is 12.2 Å². The summed E-state index contributed by atoms with van der Waals surface area (Å²) in [5, 5.41) is 0.0479. The molecule has 1 N–H and O–H groups in total. The van der Waals surface area contributed by atoms with E-state index in [2.05, 4.69) is 9.71 Å². The summed E-state index contributed by atoms with van der Waals surface area (Å²) >= 11 is 7.60. The molecule has 0 spiro atoms. The molecule has 8 heteroatoms. The van der Waals surface area contributed by atoms with Crippen LogP contribution in [0.4, 0.5) is 0 Å². The number of hydrogen-bond donors (Lipinski definition) is 1. The second-order valence-electron chi connectivity index (χ2n) is 3.63. The maximum atomic E-state index is 11.9. The maximum absolute atomic E-state index is 11.9. The minimum atomic E-state index is -3.58. The van der Waals surface area contributed by atoms with E-state index in [-0.39, 0.29) is 16.2 Å². The molecule has 2 rings (SSSR count). The van der Waals surface area contributed by atoms with Crippen LogP contribution in [0.3, 0.4) is 0 Å². The van der Waals surface area contributed by atoms with Crippen LogP contribution in [0.5, 0.6) is 0 Å². The first-order valence-electron chi connectivity index (χ1n) is 4.77. The zero-order valence-corrected chi connectivity index (χ0v) is 11.1. The third-order valence-electron chi connectivity index (χ3n) is 2.34. The molecule has 2 heterocycles. The molecular weight excluding hydrogens is 270 g/mol. The van der Waals surface area contributed by atoms with Gasteiger partial charge >= 0.3 is 0 Å². The molecule has 5 nitrogen and oxygen atoms in total. The van der Waals surface area contributed by atoms with Crippen LogP contribution < -0.4 is 4.72 Å². The van der Waals surface area contributed by atoms with Gasteiger partial charge in [0.05, 0.1) is 6.33 Å². The SMILES string of the molecule is Cn1cnc(S(=O)(=O)NC2CCSC2)c1Cl. The van der Waals surface area contributed by atoms with Gasteiger partial charge < -0.3 is 4.57 Å². The van der Waals surface area contributed by atoms with Crippen molar-refractivity contribution < 1.29 is 8.42 Å². The fraction of sp³-hybridized carbons (Fsp3) is 0.625. The number of halogens is 1. The maximum Gasteiger partial charge on any atom is 0.261 e. The van der Waals surface area contributed by atoms with Crippen molar-refractivity contribution in [2.24, 2.45) is 7.05 Å². The molecule has 90 valence electrons. The highest BCUT2D eigenvalue weighted by atomic mass is 35.5. The van der Waals surface area contributed by atoms with E-state index in [4.69, 9.17) is 11.6 Å². The van der Waals surface area contributed by atoms with Gasteiger partial charge in [0.15, 0.2) is 0 Å². The highest BCUT2D eigenvalue weighted by molar-refractivity contribution is 7.99. The number of aryl methyl sites for hydroxylation is 1. The van der Waals surface area contributed by atoms with Crippen LogP contribution in [-0.4, -0.2) is 35.5 Å². The Bertz CT molecular complexity index is 479. The van der Waals surface area contributed by atoms with Gasteiger partial charge in [-0.25, -0.2) is 18.1 Å². The number of sulfonamides is 1. The molecule has 1 fully saturated rings. The van der Waals surface area contributed by atoms with Crippen molar-refractivity contribution in [3.8, 4) is 0 Å². The van der Waals surface area contributed by atoms with Gasteiger partial charge in [0.25, 0.3) is 10.0 Å². The average Bonchev–Trinajstić information content (AvgIpc) is 2.78. The Balaban J connectivity index is 2.21. The Morgan fingerprint density at radius 2 is 2.44 bits per heavy atom. The number of imidazole rings is 1. The summed E-state index contributed by atoms with van der Waals surface area (Å²) in [5.41, 5.74) is 0. The summed E-state index contributed by atoms with van der Waals surface area (Å²) in [6.07, 6.45) is 2.24. The predicted octanol–water partition coefficient (Wildman–Crippen LogP) is 0.857. The first kappa shape index (κ1) is 12.2. The van der Waals surface area contributed by atoms with Gasteiger partial charge in [-0.1, -0.05) is 11.6 Å². The van der Waals surface area contributed by atoms with Crippen LogP contribution in [0, 0.1) is 0 Å². The number of hydrogen-bond acceptors (Lipinski definition) is 4. The third-order valence-corrected chi connectivity index (χ3v) is 5.51. The molecule has 1 unspecified atom stereocenters. The fourth-order valence-corrected chi connectivity index (χ4v) is 4.44. The van der Waals surface area contributed by atoms with Gasteiger partial charge in [0.1, 0.15) is 5.15 Å². The quantitative estimate of drug-likeness (QED) is 0.892. The fourth-order valence-electron chi connectivity index (χ4n) is 1.48. The lowest BCUT2D eigenvalue weighted by atomic mass is 10.3. The highest BCUT2D eigenvalue weighted by Crippen LogP contribution is 2.22. The van der Waals surface area contributed by atoms with Crippen LogP contribution in [0.15, 0.2) is 11.4 Å². The van der Waals surface area contributed by atoms with Crippen molar-refractivity contribution in [2.75, 3.05) is 11.5 Å². The average molecular weight is 282 g/mol. The molecule has 0 saturated carbocycles. The van der Waals surface area contributed by atoms with Crippen LogP contribution in [0.1, 0.15) is 6.42 Å². The van der Waals surface area contributed by atoms with Gasteiger partial charge in [-0.3, -0.25) is 0 Å². The molecule has 1 aliphatic rings. The Morgan fingerprint density at radius 1 is 1.69 bits per heavy atom. The largest absolute Gasteiger partial charge is 0.324 e. The summed E-state index contributed by atoms with van der Waals surface area (Å²) in [6.45, 7) is 0. The number of thioether (sulfide) groups is 1. The predicted molar refractivity (Wildman–Crippen MR) is 64.3 cm³/mol. The zero-order valence-electron chi connectivity index (χ0n) is 8.68. The molecule has 1 aromatic heterocycles. The normalized spacial score (nSPS) is 21.5. The summed E-state index contributed by atoms with van der Waals surface area (Å²) in [6, 6.07) is -0.00641. The number of nitrogens with zero attached hydrogens (tertiary/aromatic N) is 2. The monoisotopic (exact) mass is 281 g/mol. The third kappa shape index (κ3) is 2.37. The van der Waals surface area contributed by atoms with E-state index in [1.807, 2.05) is 0 Å². The Kier molecular flexibility index (Phi) is 3.48. The molecule has 0 aliphatic carbocycles. The van der Waals surface area contributed by atoms with Crippen LogP contribution >= 0.6 is 23.4 Å². The summed E-state index contributed by atoms with van der Waals surface area (Å²) in [4.78, 5) is 3.80. The van der Waals surface area contributed by atoms with E-state index in [1.54, 1.807) is 18.8 Å². The topological polar surface area (TPSA) is 64.0 Å². The number of aromatic nitrogens is 2. The van der Waals surface area contributed by atoms with Crippen molar-refractivity contribution in [3.05, 3.63) is 11.5 Å². The summed E-state index contributed by atoms with van der Waals surface area (Å²) < 4.78 is 28.0. The molecule has 0 amide bonds. The van der Waals surface area contributed by atoms with E-state index in [9.17, 15) is 8.42 Å². The van der Waals surface area contributed by atoms with Crippen molar-refractivity contribution in [1.82, 2.24) is 14.3 Å². The van der Waals surface area contributed by atoms with Gasteiger partial charge in [-0.2, -0.15) is 11.8 Å². The second-order valence-corrected chi connectivity index (χ2v) is 6.77. The number of rotatable bonds is 3. The molecule has 1 atom stereocenters. The lowest BCUT2D eigenvalue weighted by molar-refractivity contribution is 0.560. The molecule has 1 aliphatic heterocycles. The molecular formula is C8H12ClN3O2S2. The molecule has 16 heavy (non-hydrogen) atoms. The van der Waals surface area contributed by atoms with E-state index in [0.29, 0.717) is 0 Å². The zero-order chi connectivity index (χ0) is 11.8. The van der Waals surface area contributed by atoms with Gasteiger partial charge in [0, 0.05) is 18.8 Å². The minimum Gasteiger partial charge on any atom is -0.324 e. The Labute approximate surface area is 104 Å². The van der Waals surface area contributed by atoms with Crippen LogP contribution in [0.2, 0.25) is 5.15 Å². The van der Waals surface area contributed by atoms with Crippen molar-refractivity contribution in [3.63, 3.8) is 0 Å². The van der Waals surface area contributed by atoms with E-state index in [1.165, 1.54) is 10.9 Å². The summed E-state index contributed by atoms with van der Waals surface area (Å²) in [5.74, 6) is 1.80.